The number of rotatable bonds is 7. The molecule has 128 valence electrons. The molecule has 24 heavy (non-hydrogen) atoms. The van der Waals surface area contributed by atoms with Crippen LogP contribution in [0, 0.1) is 0 Å². The van der Waals surface area contributed by atoms with Gasteiger partial charge in [0.1, 0.15) is 12.0 Å². The number of carbonyl (C=O) groups is 2. The van der Waals surface area contributed by atoms with Crippen molar-refractivity contribution >= 4 is 27.7 Å². The lowest BCUT2D eigenvalue weighted by Crippen LogP contribution is -2.31. The Hall–Kier alpha value is -2.12. The van der Waals surface area contributed by atoms with Gasteiger partial charge in [-0.2, -0.15) is 0 Å². The van der Waals surface area contributed by atoms with Gasteiger partial charge < -0.3 is 20.4 Å². The summed E-state index contributed by atoms with van der Waals surface area (Å²) in [5.41, 5.74) is 6.87. The van der Waals surface area contributed by atoms with Crippen molar-refractivity contribution in [3.05, 3.63) is 58.0 Å². The molecule has 2 amide bonds. The van der Waals surface area contributed by atoms with Gasteiger partial charge in [-0.25, -0.2) is 0 Å². The van der Waals surface area contributed by atoms with Gasteiger partial charge in [0.15, 0.2) is 0 Å². The van der Waals surface area contributed by atoms with Crippen molar-refractivity contribution in [3.63, 3.8) is 0 Å². The van der Waals surface area contributed by atoms with Crippen LogP contribution in [0.1, 0.15) is 28.1 Å². The van der Waals surface area contributed by atoms with Crippen molar-refractivity contribution in [2.75, 3.05) is 13.6 Å². The molecule has 0 unspecified atom stereocenters. The first-order valence-corrected chi connectivity index (χ1v) is 8.33. The summed E-state index contributed by atoms with van der Waals surface area (Å²) in [6.07, 6.45) is 1.59. The number of hydrogen-bond donors (Lipinski definition) is 2. The lowest BCUT2D eigenvalue weighted by atomic mass is 10.2. The molecule has 3 N–H and O–H groups in total. The number of nitrogens with two attached hydrogens (primary N) is 1. The van der Waals surface area contributed by atoms with E-state index in [-0.39, 0.29) is 31.3 Å². The molecule has 7 heteroatoms. The van der Waals surface area contributed by atoms with Crippen molar-refractivity contribution in [2.24, 2.45) is 5.73 Å². The largest absolute Gasteiger partial charge is 0.467 e. The lowest BCUT2D eigenvalue weighted by molar-refractivity contribution is -0.130. The second-order valence-electron chi connectivity index (χ2n) is 5.35. The molecule has 0 spiro atoms. The molecule has 2 aromatic rings. The Morgan fingerprint density at radius 3 is 2.75 bits per heavy atom. The van der Waals surface area contributed by atoms with Crippen LogP contribution in [-0.2, 0) is 17.9 Å². The van der Waals surface area contributed by atoms with Gasteiger partial charge in [-0.3, -0.25) is 9.59 Å². The van der Waals surface area contributed by atoms with Gasteiger partial charge in [-0.15, -0.1) is 0 Å². The molecule has 0 saturated heterocycles. The van der Waals surface area contributed by atoms with Crippen LogP contribution in [-0.4, -0.2) is 30.3 Å². The van der Waals surface area contributed by atoms with E-state index in [2.05, 4.69) is 21.2 Å². The highest BCUT2D eigenvalue weighted by Crippen LogP contribution is 2.17. The van der Waals surface area contributed by atoms with E-state index in [9.17, 15) is 9.59 Å². The first-order valence-electron chi connectivity index (χ1n) is 7.54. The Morgan fingerprint density at radius 1 is 1.33 bits per heavy atom. The fourth-order valence-electron chi connectivity index (χ4n) is 2.15. The van der Waals surface area contributed by atoms with Gasteiger partial charge in [0.2, 0.25) is 5.91 Å². The van der Waals surface area contributed by atoms with Crippen LogP contribution in [0.15, 0.2) is 45.5 Å². The van der Waals surface area contributed by atoms with Gasteiger partial charge in [-0.05, 0) is 17.7 Å². The minimum atomic E-state index is -0.278. The topological polar surface area (TPSA) is 88.6 Å². The van der Waals surface area contributed by atoms with Crippen LogP contribution in [0.4, 0.5) is 0 Å². The van der Waals surface area contributed by atoms with Crippen molar-refractivity contribution in [1.82, 2.24) is 10.2 Å². The third-order valence-corrected chi connectivity index (χ3v) is 4.31. The molecular formula is C17H20BrN3O3. The molecule has 2 rings (SSSR count). The lowest BCUT2D eigenvalue weighted by Gasteiger charge is -2.18. The molecule has 0 atom stereocenters. The second kappa shape index (κ2) is 8.65. The number of hydrogen-bond acceptors (Lipinski definition) is 4. The average molecular weight is 394 g/mol. The normalized spacial score (nSPS) is 10.5. The third-order valence-electron chi connectivity index (χ3n) is 3.53. The van der Waals surface area contributed by atoms with Crippen molar-refractivity contribution in [3.8, 4) is 0 Å². The molecule has 1 aromatic carbocycles. The maximum atomic E-state index is 12.2. The number of furan rings is 1. The summed E-state index contributed by atoms with van der Waals surface area (Å²) in [5.74, 6) is 0.227. The first kappa shape index (κ1) is 18.2. The molecular weight excluding hydrogens is 374 g/mol. The molecule has 1 aromatic heterocycles. The zero-order chi connectivity index (χ0) is 17.5. The zero-order valence-corrected chi connectivity index (χ0v) is 15.0. The standard InChI is InChI=1S/C17H20BrN3O3/c1-21(10-12-4-2-3-5-15(12)18)16(22)6-7-20-17(23)13-8-14(9-19)24-11-13/h2-5,8,11H,6-7,9-10,19H2,1H3,(H,20,23). The third kappa shape index (κ3) is 4.94. The number of nitrogens with zero attached hydrogens (tertiary/aromatic N) is 1. The summed E-state index contributed by atoms with van der Waals surface area (Å²) < 4.78 is 6.08. The van der Waals surface area contributed by atoms with E-state index in [1.807, 2.05) is 24.3 Å². The molecule has 0 aliphatic carbocycles. The number of halogens is 1. The Morgan fingerprint density at radius 2 is 2.08 bits per heavy atom. The predicted molar refractivity (Wildman–Crippen MR) is 94.2 cm³/mol. The first-order chi connectivity index (χ1) is 11.5. The maximum Gasteiger partial charge on any atom is 0.254 e. The highest BCUT2D eigenvalue weighted by atomic mass is 79.9. The van der Waals surface area contributed by atoms with Crippen LogP contribution in [0.3, 0.4) is 0 Å². The molecule has 0 radical (unpaired) electrons. The zero-order valence-electron chi connectivity index (χ0n) is 13.4. The van der Waals surface area contributed by atoms with E-state index >= 15 is 0 Å². The molecule has 6 nitrogen and oxygen atoms in total. The van der Waals surface area contributed by atoms with E-state index in [1.165, 1.54) is 6.26 Å². The van der Waals surface area contributed by atoms with Crippen molar-refractivity contribution in [1.29, 1.82) is 0 Å². The van der Waals surface area contributed by atoms with E-state index in [0.717, 1.165) is 10.0 Å². The van der Waals surface area contributed by atoms with Gasteiger partial charge >= 0.3 is 0 Å². The minimum absolute atomic E-state index is 0.0408. The van der Waals surface area contributed by atoms with Crippen LogP contribution < -0.4 is 11.1 Å². The van der Waals surface area contributed by atoms with Crippen LogP contribution in [0.5, 0.6) is 0 Å². The fraction of sp³-hybridized carbons (Fsp3) is 0.294. The van der Waals surface area contributed by atoms with Crippen LogP contribution >= 0.6 is 15.9 Å². The summed E-state index contributed by atoms with van der Waals surface area (Å²) >= 11 is 3.47. The van der Waals surface area contributed by atoms with Crippen molar-refractivity contribution < 1.29 is 14.0 Å². The number of nitrogens with one attached hydrogen (secondary N) is 1. The summed E-state index contributed by atoms with van der Waals surface area (Å²) in [6.45, 7) is 1.02. The Bertz CT molecular complexity index is 715. The van der Waals surface area contributed by atoms with Gasteiger partial charge in [0.25, 0.3) is 5.91 Å². The highest BCUT2D eigenvalue weighted by Gasteiger charge is 2.13. The minimum Gasteiger partial charge on any atom is -0.467 e. The predicted octanol–water partition coefficient (Wildman–Crippen LogP) is 2.28. The molecule has 0 fully saturated rings. The Kier molecular flexibility index (Phi) is 6.57. The van der Waals surface area contributed by atoms with Crippen LogP contribution in [0.25, 0.3) is 0 Å². The maximum absolute atomic E-state index is 12.2. The molecule has 0 saturated carbocycles. The summed E-state index contributed by atoms with van der Waals surface area (Å²) in [6, 6.07) is 9.35. The van der Waals surface area contributed by atoms with E-state index < -0.39 is 0 Å². The summed E-state index contributed by atoms with van der Waals surface area (Å²) in [4.78, 5) is 25.7. The monoisotopic (exact) mass is 393 g/mol. The highest BCUT2D eigenvalue weighted by molar-refractivity contribution is 9.10. The number of amides is 2. The van der Waals surface area contributed by atoms with E-state index in [4.69, 9.17) is 10.2 Å². The Balaban J connectivity index is 1.78. The smallest absolute Gasteiger partial charge is 0.254 e. The molecule has 0 aliphatic heterocycles. The molecule has 1 heterocycles. The van der Waals surface area contributed by atoms with Gasteiger partial charge in [0, 0.05) is 31.0 Å². The molecule has 0 bridgehead atoms. The quantitative estimate of drug-likeness (QED) is 0.754. The second-order valence-corrected chi connectivity index (χ2v) is 6.21. The Labute approximate surface area is 149 Å². The van der Waals surface area contributed by atoms with Gasteiger partial charge in [-0.1, -0.05) is 34.1 Å². The molecule has 0 aliphatic rings. The fourth-order valence-corrected chi connectivity index (χ4v) is 2.56. The average Bonchev–Trinajstić information content (AvgIpc) is 3.06. The number of benzene rings is 1. The van der Waals surface area contributed by atoms with Crippen molar-refractivity contribution in [2.45, 2.75) is 19.5 Å². The van der Waals surface area contributed by atoms with E-state index in [0.29, 0.717) is 17.9 Å². The number of carbonyl (C=O) groups excluding carboxylic acids is 2. The van der Waals surface area contributed by atoms with E-state index in [1.54, 1.807) is 18.0 Å². The van der Waals surface area contributed by atoms with Crippen LogP contribution in [0.2, 0.25) is 0 Å². The SMILES string of the molecule is CN(Cc1ccccc1Br)C(=O)CCNC(=O)c1coc(CN)c1. The van der Waals surface area contributed by atoms with Gasteiger partial charge in [0.05, 0.1) is 12.1 Å². The summed E-state index contributed by atoms with van der Waals surface area (Å²) in [5, 5.41) is 2.70. The summed E-state index contributed by atoms with van der Waals surface area (Å²) in [7, 11) is 1.74.